The molecular weight excluding hydrogens is 540 g/mol. The quantitative estimate of drug-likeness (QED) is 0.205. The van der Waals surface area contributed by atoms with Crippen molar-refractivity contribution >= 4 is 44.0 Å². The van der Waals surface area contributed by atoms with Crippen LogP contribution in [-0.2, 0) is 22.4 Å². The Kier molecular flexibility index (Phi) is 7.59. The molecule has 210 valence electrons. The summed E-state index contributed by atoms with van der Waals surface area (Å²) in [4.78, 5) is 32.3. The van der Waals surface area contributed by atoms with Gasteiger partial charge >= 0.3 is 0 Å². The van der Waals surface area contributed by atoms with Gasteiger partial charge in [0, 0.05) is 23.9 Å². The van der Waals surface area contributed by atoms with Gasteiger partial charge in [0.05, 0.1) is 22.3 Å². The smallest absolute Gasteiger partial charge is 0.247 e. The monoisotopic (exact) mass is 572 g/mol. The number of rotatable bonds is 8. The predicted molar refractivity (Wildman–Crippen MR) is 171 cm³/mol. The Morgan fingerprint density at radius 3 is 2.29 bits per heavy atom. The zero-order valence-corrected chi connectivity index (χ0v) is 24.7. The minimum atomic E-state index is -0.723. The average Bonchev–Trinajstić information content (AvgIpc) is 3.52. The first-order valence-corrected chi connectivity index (χ1v) is 14.8. The van der Waals surface area contributed by atoms with Gasteiger partial charge in [-0.1, -0.05) is 94.8 Å². The van der Waals surface area contributed by atoms with Gasteiger partial charge in [0.2, 0.25) is 11.8 Å². The zero-order chi connectivity index (χ0) is 29.2. The largest absolute Gasteiger partial charge is 0.344 e. The number of aromatic nitrogens is 2. The van der Waals surface area contributed by atoms with Crippen LogP contribution in [-0.4, -0.2) is 27.2 Å². The number of aryl methyl sites for hydroxylation is 3. The molecule has 42 heavy (non-hydrogen) atoms. The fraction of sp³-hybridized carbons (Fsp3) is 0.171. The minimum absolute atomic E-state index is 0.185. The molecule has 6 rings (SSSR count). The summed E-state index contributed by atoms with van der Waals surface area (Å²) in [5.74, 6) is -0.444. The van der Waals surface area contributed by atoms with Crippen molar-refractivity contribution in [1.82, 2.24) is 14.7 Å². The lowest BCUT2D eigenvalue weighted by molar-refractivity contribution is -0.126. The maximum Gasteiger partial charge on any atom is 0.247 e. The van der Waals surface area contributed by atoms with Crippen LogP contribution in [0.2, 0.25) is 0 Å². The highest BCUT2D eigenvalue weighted by Crippen LogP contribution is 2.29. The molecule has 0 radical (unpaired) electrons. The van der Waals surface area contributed by atoms with E-state index in [9.17, 15) is 9.59 Å². The second-order valence-electron chi connectivity index (χ2n) is 10.9. The van der Waals surface area contributed by atoms with Gasteiger partial charge in [-0.25, -0.2) is 4.98 Å². The molecule has 0 unspecified atom stereocenters. The van der Waals surface area contributed by atoms with Crippen LogP contribution in [0, 0.1) is 20.8 Å². The van der Waals surface area contributed by atoms with Gasteiger partial charge in [-0.05, 0) is 56.2 Å². The fourth-order valence-electron chi connectivity index (χ4n) is 5.31. The third kappa shape index (κ3) is 6.11. The highest BCUT2D eigenvalue weighted by Gasteiger charge is 2.22. The predicted octanol–water partition coefficient (Wildman–Crippen LogP) is 7.05. The van der Waals surface area contributed by atoms with E-state index >= 15 is 0 Å². The number of para-hydroxylation sites is 1. The molecular formula is C35H32N4O2S. The highest BCUT2D eigenvalue weighted by molar-refractivity contribution is 7.23. The first-order valence-electron chi connectivity index (χ1n) is 14.0. The molecule has 7 heteroatoms. The van der Waals surface area contributed by atoms with E-state index in [0.717, 1.165) is 49.6 Å². The number of hydrogen-bond acceptors (Lipinski definition) is 4. The molecule has 0 bridgehead atoms. The van der Waals surface area contributed by atoms with Gasteiger partial charge in [-0.15, -0.1) is 0 Å². The number of thiazole rings is 1. The van der Waals surface area contributed by atoms with E-state index in [-0.39, 0.29) is 18.2 Å². The number of hydrogen-bond donors (Lipinski definition) is 2. The molecule has 0 aliphatic rings. The van der Waals surface area contributed by atoms with Crippen LogP contribution in [0.25, 0.3) is 26.4 Å². The fourth-order valence-corrected chi connectivity index (χ4v) is 6.32. The second kappa shape index (κ2) is 11.6. The van der Waals surface area contributed by atoms with Gasteiger partial charge in [-0.3, -0.25) is 14.0 Å². The van der Waals surface area contributed by atoms with E-state index in [1.807, 2.05) is 99.8 Å². The zero-order valence-electron chi connectivity index (χ0n) is 23.8. The van der Waals surface area contributed by atoms with Crippen molar-refractivity contribution in [3.05, 3.63) is 125 Å². The van der Waals surface area contributed by atoms with Gasteiger partial charge in [0.1, 0.15) is 6.04 Å². The maximum absolute atomic E-state index is 13.5. The molecule has 6 nitrogen and oxygen atoms in total. The molecule has 0 saturated carbocycles. The van der Waals surface area contributed by atoms with Crippen molar-refractivity contribution in [3.8, 4) is 11.3 Å². The SMILES string of the molecule is Cc1ccc(C[C@H](NC(=O)Cc2cc(C)cc(C)c2)C(=O)Nc2ccc(-c3cn4c(n3)sc3ccccc34)cc2)cc1. The highest BCUT2D eigenvalue weighted by atomic mass is 32.1. The van der Waals surface area contributed by atoms with Crippen molar-refractivity contribution in [1.29, 1.82) is 0 Å². The van der Waals surface area contributed by atoms with Crippen molar-refractivity contribution in [2.24, 2.45) is 0 Å². The number of nitrogens with zero attached hydrogens (tertiary/aromatic N) is 2. The minimum Gasteiger partial charge on any atom is -0.344 e. The van der Waals surface area contributed by atoms with Gasteiger partial charge in [0.25, 0.3) is 0 Å². The molecule has 0 fully saturated rings. The standard InChI is InChI=1S/C35H32N4O2S/c1-22-8-10-25(11-9-22)19-29(37-33(40)20-26-17-23(2)16-24(3)18-26)34(41)36-28-14-12-27(13-15-28)30-21-39-31-6-4-5-7-32(31)42-35(39)38-30/h4-18,21,29H,19-20H2,1-3H3,(H,36,41)(H,37,40)/t29-/m0/s1. The summed E-state index contributed by atoms with van der Waals surface area (Å²) in [5, 5.41) is 6.00. The summed E-state index contributed by atoms with van der Waals surface area (Å²) in [7, 11) is 0. The van der Waals surface area contributed by atoms with Crippen LogP contribution < -0.4 is 10.6 Å². The van der Waals surface area contributed by atoms with Crippen LogP contribution in [0.15, 0.2) is 97.2 Å². The number of anilines is 1. The Morgan fingerprint density at radius 1 is 0.833 bits per heavy atom. The third-order valence-corrected chi connectivity index (χ3v) is 8.34. The van der Waals surface area contributed by atoms with Gasteiger partial charge in [-0.2, -0.15) is 0 Å². The van der Waals surface area contributed by atoms with E-state index in [1.54, 1.807) is 11.3 Å². The van der Waals surface area contributed by atoms with Gasteiger partial charge < -0.3 is 10.6 Å². The summed E-state index contributed by atoms with van der Waals surface area (Å²) in [6.07, 6.45) is 2.65. The van der Waals surface area contributed by atoms with E-state index in [1.165, 1.54) is 4.70 Å². The van der Waals surface area contributed by atoms with Crippen LogP contribution in [0.4, 0.5) is 5.69 Å². The summed E-state index contributed by atoms with van der Waals surface area (Å²) in [5.41, 5.74) is 8.92. The van der Waals surface area contributed by atoms with Crippen LogP contribution in [0.1, 0.15) is 27.8 Å². The van der Waals surface area contributed by atoms with E-state index < -0.39 is 6.04 Å². The maximum atomic E-state index is 13.5. The number of fused-ring (bicyclic) bond motifs is 3. The second-order valence-corrected chi connectivity index (χ2v) is 11.9. The molecule has 2 heterocycles. The Morgan fingerprint density at radius 2 is 1.55 bits per heavy atom. The van der Waals surface area contributed by atoms with E-state index in [0.29, 0.717) is 12.1 Å². The lowest BCUT2D eigenvalue weighted by Gasteiger charge is -2.19. The van der Waals surface area contributed by atoms with E-state index in [4.69, 9.17) is 4.98 Å². The molecule has 0 aliphatic carbocycles. The third-order valence-electron chi connectivity index (χ3n) is 7.31. The topological polar surface area (TPSA) is 75.5 Å². The Labute approximate surface area is 249 Å². The lowest BCUT2D eigenvalue weighted by Crippen LogP contribution is -2.45. The van der Waals surface area contributed by atoms with Crippen molar-refractivity contribution in [3.63, 3.8) is 0 Å². The Hall–Kier alpha value is -4.75. The molecule has 4 aromatic carbocycles. The van der Waals surface area contributed by atoms with Crippen molar-refractivity contribution in [2.75, 3.05) is 5.32 Å². The molecule has 0 aliphatic heterocycles. The molecule has 1 atom stereocenters. The average molecular weight is 573 g/mol. The number of imidazole rings is 1. The van der Waals surface area contributed by atoms with Crippen molar-refractivity contribution in [2.45, 2.75) is 39.7 Å². The van der Waals surface area contributed by atoms with Gasteiger partial charge in [0.15, 0.2) is 4.96 Å². The molecule has 2 amide bonds. The lowest BCUT2D eigenvalue weighted by atomic mass is 10.0. The number of nitrogens with one attached hydrogen (secondary N) is 2. The number of carbonyl (C=O) groups is 2. The van der Waals surface area contributed by atoms with Crippen LogP contribution in [0.5, 0.6) is 0 Å². The molecule has 6 aromatic rings. The normalized spacial score (nSPS) is 12.0. The first-order chi connectivity index (χ1) is 20.3. The summed E-state index contributed by atoms with van der Waals surface area (Å²) in [6, 6.07) is 29.3. The summed E-state index contributed by atoms with van der Waals surface area (Å²) in [6.45, 7) is 6.06. The summed E-state index contributed by atoms with van der Waals surface area (Å²) < 4.78 is 3.31. The Balaban J connectivity index is 1.18. The summed E-state index contributed by atoms with van der Waals surface area (Å²) >= 11 is 1.66. The Bertz CT molecular complexity index is 1880. The first kappa shape index (κ1) is 27.4. The van der Waals surface area contributed by atoms with Crippen molar-refractivity contribution < 1.29 is 9.59 Å². The molecule has 2 N–H and O–H groups in total. The molecule has 0 spiro atoms. The van der Waals surface area contributed by atoms with E-state index in [2.05, 4.69) is 33.2 Å². The number of benzene rings is 4. The van der Waals surface area contributed by atoms with Crippen LogP contribution >= 0.6 is 11.3 Å². The number of amides is 2. The van der Waals surface area contributed by atoms with Crippen LogP contribution in [0.3, 0.4) is 0 Å². The molecule has 2 aromatic heterocycles. The number of carbonyl (C=O) groups excluding carboxylic acids is 2. The molecule has 0 saturated heterocycles.